The van der Waals surface area contributed by atoms with Crippen LogP contribution in [0.2, 0.25) is 0 Å². The normalized spacial score (nSPS) is 18.1. The molecule has 1 atom stereocenters. The molecule has 1 fully saturated rings. The molecule has 1 aromatic carbocycles. The number of fused-ring (bicyclic) bond motifs is 1. The van der Waals surface area contributed by atoms with Gasteiger partial charge in [0.15, 0.2) is 11.4 Å². The fraction of sp³-hybridized carbons (Fsp3) is 0.429. The number of halogens is 1. The Hall–Kier alpha value is -3.00. The molecule has 1 saturated carbocycles. The molecule has 5 rings (SSSR count). The molecule has 2 N–H and O–H groups in total. The summed E-state index contributed by atoms with van der Waals surface area (Å²) in [4.78, 5) is 34.2. The highest BCUT2D eigenvalue weighted by Crippen LogP contribution is 2.53. The lowest BCUT2D eigenvalue weighted by Crippen LogP contribution is -2.53. The molecule has 0 radical (unpaired) electrons. The number of carbonyl (C=O) groups is 2. The Morgan fingerprint density at radius 1 is 1.14 bits per heavy atom. The topological polar surface area (TPSA) is 97.1 Å². The van der Waals surface area contributed by atoms with E-state index in [1.54, 1.807) is 6.20 Å². The number of carbonyl (C=O) groups excluding carboxylic acids is 1. The number of allylic oxidation sites excluding steroid dienone is 2. The summed E-state index contributed by atoms with van der Waals surface area (Å²) in [6.45, 7) is 4.33. The second-order valence-corrected chi connectivity index (χ2v) is 11.2. The Bertz CT molecular complexity index is 1340. The van der Waals surface area contributed by atoms with Crippen LogP contribution >= 0.6 is 15.9 Å². The summed E-state index contributed by atoms with van der Waals surface area (Å²) < 4.78 is 2.59. The van der Waals surface area contributed by atoms with Crippen LogP contribution in [-0.4, -0.2) is 37.4 Å². The number of nitrogens with one attached hydrogen (secondary N) is 1. The first-order chi connectivity index (χ1) is 17.3. The van der Waals surface area contributed by atoms with Gasteiger partial charge in [0.05, 0.1) is 9.90 Å². The van der Waals surface area contributed by atoms with E-state index in [0.29, 0.717) is 16.8 Å². The van der Waals surface area contributed by atoms with E-state index in [1.807, 2.05) is 36.4 Å². The van der Waals surface area contributed by atoms with Crippen molar-refractivity contribution in [2.75, 3.05) is 0 Å². The predicted molar refractivity (Wildman–Crippen MR) is 142 cm³/mol. The predicted octanol–water partition coefficient (Wildman–Crippen LogP) is 5.34. The number of imidazole rings is 1. The van der Waals surface area contributed by atoms with E-state index in [4.69, 9.17) is 4.98 Å². The molecule has 0 bridgehead atoms. The molecule has 3 aromatic rings. The molecule has 0 unspecified atom stereocenters. The maximum Gasteiger partial charge on any atom is 0.326 e. The molecule has 8 heteroatoms. The van der Waals surface area contributed by atoms with Crippen LogP contribution in [0.5, 0.6) is 0 Å². The highest BCUT2D eigenvalue weighted by molar-refractivity contribution is 9.12. The first kappa shape index (κ1) is 24.7. The summed E-state index contributed by atoms with van der Waals surface area (Å²) in [6.07, 6.45) is 7.59. The lowest BCUT2D eigenvalue weighted by Gasteiger charge is -2.46. The summed E-state index contributed by atoms with van der Waals surface area (Å²) >= 11 is 3.40. The van der Waals surface area contributed by atoms with Gasteiger partial charge >= 0.3 is 5.97 Å². The molecule has 2 aliphatic rings. The van der Waals surface area contributed by atoms with Gasteiger partial charge in [0.25, 0.3) is 0 Å². The van der Waals surface area contributed by atoms with Crippen molar-refractivity contribution in [2.45, 2.75) is 64.8 Å². The number of Topliss-reactive ketones (excluding diaryl/α,β-unsaturated/α-hetero) is 1. The quantitative estimate of drug-likeness (QED) is 0.392. The van der Waals surface area contributed by atoms with Crippen molar-refractivity contribution in [1.29, 1.82) is 0 Å². The van der Waals surface area contributed by atoms with Crippen molar-refractivity contribution in [3.05, 3.63) is 64.2 Å². The molecule has 188 valence electrons. The summed E-state index contributed by atoms with van der Waals surface area (Å²) in [7, 11) is 0. The molecule has 36 heavy (non-hydrogen) atoms. The Labute approximate surface area is 219 Å². The summed E-state index contributed by atoms with van der Waals surface area (Å²) in [5.74, 6) is 0.584. The summed E-state index contributed by atoms with van der Waals surface area (Å²) in [5, 5.41) is 13.2. The van der Waals surface area contributed by atoms with Crippen LogP contribution in [0.3, 0.4) is 0 Å². The zero-order chi connectivity index (χ0) is 25.4. The number of aromatic nitrogens is 3. The molecule has 0 amide bonds. The van der Waals surface area contributed by atoms with Crippen LogP contribution in [-0.2, 0) is 22.4 Å². The molecular formula is C28H31BrN4O3. The van der Waals surface area contributed by atoms with Gasteiger partial charge in [-0.05, 0) is 64.5 Å². The highest BCUT2D eigenvalue weighted by Gasteiger charge is 2.53. The van der Waals surface area contributed by atoms with Gasteiger partial charge in [0.2, 0.25) is 0 Å². The van der Waals surface area contributed by atoms with Crippen molar-refractivity contribution >= 4 is 38.8 Å². The average molecular weight is 551 g/mol. The molecule has 2 aliphatic carbocycles. The standard InChI is InChI=1S/C28H31BrN4O3/c1-17(2)15-22-31-20-7-6-14-30-26(20)33(22)19-10-8-18(9-11-19)16-21(27(35)36)32-24-23(29)25(34)28(24)12-4-3-5-13-28/h6-11,14,17,21,32H,3-5,12-13,15-16H2,1-2H3,(H,35,36)/t21-/m0/s1. The Balaban J connectivity index is 1.39. The maximum atomic E-state index is 12.7. The lowest BCUT2D eigenvalue weighted by molar-refractivity contribution is -0.140. The third-order valence-electron chi connectivity index (χ3n) is 7.37. The maximum absolute atomic E-state index is 12.7. The van der Waals surface area contributed by atoms with Crippen LogP contribution in [0.15, 0.2) is 52.8 Å². The molecule has 0 aliphatic heterocycles. The SMILES string of the molecule is CC(C)Cc1nc2cccnc2n1-c1ccc(C[C@H](NC2=C(Br)C(=O)C23CCCCC3)C(=O)O)cc1. The number of hydrogen-bond donors (Lipinski definition) is 2. The lowest BCUT2D eigenvalue weighted by atomic mass is 9.62. The number of carboxylic acids is 1. The van der Waals surface area contributed by atoms with Gasteiger partial charge < -0.3 is 10.4 Å². The minimum atomic E-state index is -0.929. The molecule has 0 saturated heterocycles. The monoisotopic (exact) mass is 550 g/mol. The van der Waals surface area contributed by atoms with Crippen molar-refractivity contribution in [3.8, 4) is 5.69 Å². The summed E-state index contributed by atoms with van der Waals surface area (Å²) in [6, 6.07) is 11.0. The molecule has 2 aromatic heterocycles. The van der Waals surface area contributed by atoms with Crippen LogP contribution in [0, 0.1) is 11.3 Å². The second-order valence-electron chi connectivity index (χ2n) is 10.4. The van der Waals surface area contributed by atoms with Gasteiger partial charge in [-0.2, -0.15) is 0 Å². The fourth-order valence-corrected chi connectivity index (χ4v) is 6.42. The van der Waals surface area contributed by atoms with Gasteiger partial charge in [0, 0.05) is 30.4 Å². The number of aliphatic carboxylic acids is 1. The van der Waals surface area contributed by atoms with Gasteiger partial charge in [-0.1, -0.05) is 45.2 Å². The smallest absolute Gasteiger partial charge is 0.326 e. The second kappa shape index (κ2) is 9.81. The van der Waals surface area contributed by atoms with E-state index < -0.39 is 17.4 Å². The van der Waals surface area contributed by atoms with E-state index in [1.165, 1.54) is 0 Å². The minimum Gasteiger partial charge on any atom is -0.480 e. The Kier molecular flexibility index (Phi) is 6.72. The number of carboxylic acid groups (broad SMARTS) is 1. The van der Waals surface area contributed by atoms with Crippen molar-refractivity contribution in [3.63, 3.8) is 0 Å². The van der Waals surface area contributed by atoms with Crippen LogP contribution in [0.1, 0.15) is 57.3 Å². The zero-order valence-corrected chi connectivity index (χ0v) is 22.2. The minimum absolute atomic E-state index is 0.108. The van der Waals surface area contributed by atoms with E-state index in [2.05, 4.69) is 44.6 Å². The van der Waals surface area contributed by atoms with Crippen molar-refractivity contribution in [2.24, 2.45) is 11.3 Å². The Morgan fingerprint density at radius 2 is 1.86 bits per heavy atom. The first-order valence-corrected chi connectivity index (χ1v) is 13.5. The third kappa shape index (κ3) is 4.36. The number of benzene rings is 1. The van der Waals surface area contributed by atoms with Gasteiger partial charge in [-0.15, -0.1) is 0 Å². The molecule has 7 nitrogen and oxygen atoms in total. The van der Waals surface area contributed by atoms with Crippen LogP contribution in [0.4, 0.5) is 0 Å². The van der Waals surface area contributed by atoms with Gasteiger partial charge in [-0.3, -0.25) is 9.36 Å². The third-order valence-corrected chi connectivity index (χ3v) is 8.12. The zero-order valence-electron chi connectivity index (χ0n) is 20.6. The molecular weight excluding hydrogens is 520 g/mol. The molecule has 2 heterocycles. The number of nitrogens with zero attached hydrogens (tertiary/aromatic N) is 3. The fourth-order valence-electron chi connectivity index (χ4n) is 5.54. The van der Waals surface area contributed by atoms with Crippen LogP contribution in [0.25, 0.3) is 16.9 Å². The highest BCUT2D eigenvalue weighted by atomic mass is 79.9. The van der Waals surface area contributed by atoms with Crippen molar-refractivity contribution < 1.29 is 14.7 Å². The molecule has 1 spiro atoms. The largest absolute Gasteiger partial charge is 0.480 e. The number of ketones is 1. The average Bonchev–Trinajstić information content (AvgIpc) is 3.23. The van der Waals surface area contributed by atoms with E-state index in [-0.39, 0.29) is 5.78 Å². The van der Waals surface area contributed by atoms with Gasteiger partial charge in [0.1, 0.15) is 17.4 Å². The number of pyridine rings is 1. The van der Waals surface area contributed by atoms with Gasteiger partial charge in [-0.25, -0.2) is 14.8 Å². The first-order valence-electron chi connectivity index (χ1n) is 12.7. The Morgan fingerprint density at radius 3 is 2.53 bits per heavy atom. The number of hydrogen-bond acceptors (Lipinski definition) is 5. The van der Waals surface area contributed by atoms with Crippen LogP contribution < -0.4 is 5.32 Å². The van der Waals surface area contributed by atoms with E-state index in [9.17, 15) is 14.7 Å². The summed E-state index contributed by atoms with van der Waals surface area (Å²) in [5.41, 5.74) is 3.77. The van der Waals surface area contributed by atoms with E-state index >= 15 is 0 Å². The van der Waals surface area contributed by atoms with Crippen molar-refractivity contribution in [1.82, 2.24) is 19.9 Å². The van der Waals surface area contributed by atoms with E-state index in [0.717, 1.165) is 72.5 Å². The number of rotatable bonds is 8.